The van der Waals surface area contributed by atoms with Crippen LogP contribution in [0.1, 0.15) is 5.56 Å². The molecule has 0 aromatic heterocycles. The zero-order valence-electron chi connectivity index (χ0n) is 10.8. The first-order chi connectivity index (χ1) is 9.36. The summed E-state index contributed by atoms with van der Waals surface area (Å²) in [5.74, 6) is -1.30. The van der Waals surface area contributed by atoms with E-state index in [1.54, 1.807) is 0 Å². The van der Waals surface area contributed by atoms with Crippen LogP contribution in [0.4, 0.5) is 5.69 Å². The van der Waals surface area contributed by atoms with E-state index in [1.165, 1.54) is 0 Å². The summed E-state index contributed by atoms with van der Waals surface area (Å²) in [6, 6.07) is 3.84. The number of carboxylic acids is 1. The number of hydrogen-bond acceptors (Lipinski definition) is 3. The molecular formula is C13H14Br2N2O3. The van der Waals surface area contributed by atoms with Crippen molar-refractivity contribution in [1.82, 2.24) is 4.90 Å². The number of anilines is 1. The predicted octanol–water partition coefficient (Wildman–Crippen LogP) is 2.47. The van der Waals surface area contributed by atoms with Crippen molar-refractivity contribution >= 4 is 49.4 Å². The molecule has 0 bridgehead atoms. The molecule has 1 aliphatic heterocycles. The number of aliphatic carboxylic acids is 1. The molecule has 1 heterocycles. The van der Waals surface area contributed by atoms with E-state index in [-0.39, 0.29) is 18.4 Å². The summed E-state index contributed by atoms with van der Waals surface area (Å²) in [6.45, 7) is 3.03. The number of hydrogen-bond donors (Lipinski definition) is 2. The number of nitrogens with zero attached hydrogens (tertiary/aromatic N) is 1. The van der Waals surface area contributed by atoms with Crippen molar-refractivity contribution in [3.63, 3.8) is 0 Å². The molecule has 5 nitrogen and oxygen atoms in total. The normalized spacial score (nSPS) is 15.8. The Balaban J connectivity index is 1.91. The van der Waals surface area contributed by atoms with Crippen LogP contribution in [0.5, 0.6) is 0 Å². The lowest BCUT2D eigenvalue weighted by molar-refractivity contribution is -0.148. The highest BCUT2D eigenvalue weighted by Gasteiger charge is 2.33. The Labute approximate surface area is 133 Å². The lowest BCUT2D eigenvalue weighted by atomic mass is 10.0. The van der Waals surface area contributed by atoms with Crippen LogP contribution >= 0.6 is 31.9 Å². The molecule has 2 N–H and O–H groups in total. The molecule has 1 aromatic carbocycles. The molecule has 20 heavy (non-hydrogen) atoms. The minimum atomic E-state index is -0.800. The average Bonchev–Trinajstić information content (AvgIpc) is 2.27. The number of nitrogens with one attached hydrogen (secondary N) is 1. The van der Waals surface area contributed by atoms with Gasteiger partial charge in [-0.1, -0.05) is 0 Å². The van der Waals surface area contributed by atoms with Crippen molar-refractivity contribution in [2.75, 3.05) is 25.0 Å². The molecule has 0 unspecified atom stereocenters. The first kappa shape index (κ1) is 15.5. The Morgan fingerprint density at radius 2 is 1.90 bits per heavy atom. The lowest BCUT2D eigenvalue weighted by Crippen LogP contribution is -2.52. The number of halogens is 2. The van der Waals surface area contributed by atoms with Crippen LogP contribution in [0.3, 0.4) is 0 Å². The number of likely N-dealkylation sites (tertiary alicyclic amines) is 1. The fourth-order valence-corrected chi connectivity index (χ4v) is 3.67. The Hall–Kier alpha value is -0.920. The second-order valence-electron chi connectivity index (χ2n) is 4.88. The molecule has 1 saturated heterocycles. The Morgan fingerprint density at radius 1 is 1.35 bits per heavy atom. The summed E-state index contributed by atoms with van der Waals surface area (Å²) in [5.41, 5.74) is 1.77. The summed E-state index contributed by atoms with van der Waals surface area (Å²) < 4.78 is 1.62. The second-order valence-corrected chi connectivity index (χ2v) is 6.59. The van der Waals surface area contributed by atoms with Gasteiger partial charge in [-0.3, -0.25) is 14.5 Å². The van der Waals surface area contributed by atoms with Gasteiger partial charge < -0.3 is 10.4 Å². The van der Waals surface area contributed by atoms with Crippen LogP contribution in [-0.2, 0) is 9.59 Å². The fraction of sp³-hybridized carbons (Fsp3) is 0.385. The first-order valence-corrected chi connectivity index (χ1v) is 7.66. The maximum absolute atomic E-state index is 11.9. The van der Waals surface area contributed by atoms with Crippen molar-refractivity contribution in [3.05, 3.63) is 26.6 Å². The third-order valence-corrected chi connectivity index (χ3v) is 4.38. The summed E-state index contributed by atoms with van der Waals surface area (Å²) >= 11 is 6.83. The molecule has 7 heteroatoms. The minimum Gasteiger partial charge on any atom is -0.481 e. The molecule has 0 atom stereocenters. The van der Waals surface area contributed by atoms with Gasteiger partial charge in [0.05, 0.1) is 18.2 Å². The quantitative estimate of drug-likeness (QED) is 0.807. The zero-order valence-corrected chi connectivity index (χ0v) is 14.0. The second kappa shape index (κ2) is 6.24. The number of carbonyl (C=O) groups excluding carboxylic acids is 1. The summed E-state index contributed by atoms with van der Waals surface area (Å²) in [6.07, 6.45) is 0. The standard InChI is InChI=1S/C13H14Br2N2O3/c1-7-2-9(14)12(10(15)3-7)16-11(18)6-17-4-8(5-17)13(19)20/h2-3,8H,4-6H2,1H3,(H,16,18)(H,19,20). The fourth-order valence-electron chi connectivity index (χ4n) is 2.06. The van der Waals surface area contributed by atoms with Crippen molar-refractivity contribution < 1.29 is 14.7 Å². The number of aryl methyl sites for hydroxylation is 1. The third-order valence-electron chi connectivity index (χ3n) is 3.12. The zero-order chi connectivity index (χ0) is 14.9. The van der Waals surface area contributed by atoms with Crippen molar-refractivity contribution in [3.8, 4) is 0 Å². The first-order valence-electron chi connectivity index (χ1n) is 6.07. The van der Waals surface area contributed by atoms with Crippen molar-refractivity contribution in [1.29, 1.82) is 0 Å². The van der Waals surface area contributed by atoms with Gasteiger partial charge in [0.25, 0.3) is 0 Å². The highest BCUT2D eigenvalue weighted by molar-refractivity contribution is 9.11. The summed E-state index contributed by atoms with van der Waals surface area (Å²) in [5, 5.41) is 11.6. The molecule has 0 aliphatic carbocycles. The summed E-state index contributed by atoms with van der Waals surface area (Å²) in [4.78, 5) is 24.4. The monoisotopic (exact) mass is 404 g/mol. The number of benzene rings is 1. The molecule has 1 fully saturated rings. The van der Waals surface area contributed by atoms with E-state index < -0.39 is 5.97 Å². The van der Waals surface area contributed by atoms with Gasteiger partial charge in [0.2, 0.25) is 5.91 Å². The number of carbonyl (C=O) groups is 2. The SMILES string of the molecule is Cc1cc(Br)c(NC(=O)CN2CC(C(=O)O)C2)c(Br)c1. The van der Waals surface area contributed by atoms with Crippen LogP contribution in [0.25, 0.3) is 0 Å². The molecule has 0 radical (unpaired) electrons. The van der Waals surface area contributed by atoms with E-state index in [4.69, 9.17) is 5.11 Å². The van der Waals surface area contributed by atoms with Gasteiger partial charge in [-0.15, -0.1) is 0 Å². The van der Waals surface area contributed by atoms with Gasteiger partial charge in [-0.05, 0) is 56.5 Å². The molecule has 1 amide bonds. The highest BCUT2D eigenvalue weighted by atomic mass is 79.9. The van der Waals surface area contributed by atoms with Crippen molar-refractivity contribution in [2.45, 2.75) is 6.92 Å². The highest BCUT2D eigenvalue weighted by Crippen LogP contribution is 2.32. The van der Waals surface area contributed by atoms with Crippen molar-refractivity contribution in [2.24, 2.45) is 5.92 Å². The maximum atomic E-state index is 11.9. The van der Waals surface area contributed by atoms with Crippen LogP contribution in [0.2, 0.25) is 0 Å². The van der Waals surface area contributed by atoms with E-state index in [1.807, 2.05) is 24.0 Å². The van der Waals surface area contributed by atoms with Crippen LogP contribution < -0.4 is 5.32 Å². The Morgan fingerprint density at radius 3 is 2.40 bits per heavy atom. The lowest BCUT2D eigenvalue weighted by Gasteiger charge is -2.35. The molecule has 108 valence electrons. The van der Waals surface area contributed by atoms with E-state index in [0.29, 0.717) is 18.8 Å². The molecule has 0 spiro atoms. The van der Waals surface area contributed by atoms with Gasteiger partial charge in [0.15, 0.2) is 0 Å². The van der Waals surface area contributed by atoms with Gasteiger partial charge in [-0.25, -0.2) is 0 Å². The van der Waals surface area contributed by atoms with E-state index in [0.717, 1.165) is 14.5 Å². The Bertz CT molecular complexity index is 534. The van der Waals surface area contributed by atoms with Crippen LogP contribution in [0, 0.1) is 12.8 Å². The van der Waals surface area contributed by atoms with Gasteiger partial charge in [-0.2, -0.15) is 0 Å². The number of carboxylic acid groups (broad SMARTS) is 1. The molecule has 0 saturated carbocycles. The predicted molar refractivity (Wildman–Crippen MR) is 82.8 cm³/mol. The van der Waals surface area contributed by atoms with Gasteiger partial charge in [0.1, 0.15) is 0 Å². The van der Waals surface area contributed by atoms with E-state index in [2.05, 4.69) is 37.2 Å². The largest absolute Gasteiger partial charge is 0.481 e. The topological polar surface area (TPSA) is 69.6 Å². The Kier molecular flexibility index (Phi) is 4.82. The molecule has 2 rings (SSSR count). The third kappa shape index (κ3) is 3.59. The minimum absolute atomic E-state index is 0.154. The average molecular weight is 406 g/mol. The van der Waals surface area contributed by atoms with E-state index >= 15 is 0 Å². The number of rotatable bonds is 4. The number of amides is 1. The summed E-state index contributed by atoms with van der Waals surface area (Å²) in [7, 11) is 0. The molecular weight excluding hydrogens is 392 g/mol. The van der Waals surface area contributed by atoms with Crippen LogP contribution in [0.15, 0.2) is 21.1 Å². The van der Waals surface area contributed by atoms with E-state index in [9.17, 15) is 9.59 Å². The van der Waals surface area contributed by atoms with Gasteiger partial charge in [0, 0.05) is 22.0 Å². The molecule has 1 aliphatic rings. The van der Waals surface area contributed by atoms with Crippen LogP contribution in [-0.4, -0.2) is 41.5 Å². The maximum Gasteiger partial charge on any atom is 0.309 e. The van der Waals surface area contributed by atoms with Gasteiger partial charge >= 0.3 is 5.97 Å². The molecule has 1 aromatic rings. The smallest absolute Gasteiger partial charge is 0.309 e.